The molecule has 0 radical (unpaired) electrons. The van der Waals surface area contributed by atoms with Crippen molar-refractivity contribution in [2.45, 2.75) is 61.3 Å². The molecule has 0 saturated heterocycles. The first-order valence-corrected chi connectivity index (χ1v) is 10.5. The van der Waals surface area contributed by atoms with Gasteiger partial charge in [0.25, 0.3) is 0 Å². The monoisotopic (exact) mass is 365 g/mol. The second-order valence-electron chi connectivity index (χ2n) is 7.56. The summed E-state index contributed by atoms with van der Waals surface area (Å²) in [5, 5.41) is 0. The normalized spacial score (nSPS) is 16.1. The lowest BCUT2D eigenvalue weighted by Gasteiger charge is -2.31. The number of hydrogen-bond donors (Lipinski definition) is 0. The number of nitrogens with zero attached hydrogens (tertiary/aromatic N) is 1. The average molecular weight is 366 g/mol. The summed E-state index contributed by atoms with van der Waals surface area (Å²) >= 11 is 0. The smallest absolute Gasteiger partial charge is 0.0443 e. The SMILES string of the molecule is CC.CC.CN1CC=C(C(C)(C)C)C=C1c1cccc(C2=CC=CCC2)c1. The number of rotatable bonds is 2. The van der Waals surface area contributed by atoms with Gasteiger partial charge in [0.15, 0.2) is 0 Å². The first-order chi connectivity index (χ1) is 12.9. The van der Waals surface area contributed by atoms with E-state index in [0.29, 0.717) is 0 Å². The summed E-state index contributed by atoms with van der Waals surface area (Å²) in [4.78, 5) is 2.34. The minimum absolute atomic E-state index is 0.195. The quantitative estimate of drug-likeness (QED) is 0.518. The van der Waals surface area contributed by atoms with Crippen LogP contribution in [0.4, 0.5) is 0 Å². The van der Waals surface area contributed by atoms with E-state index in [0.717, 1.165) is 19.4 Å². The third-order valence-corrected chi connectivity index (χ3v) is 4.70. The summed E-state index contributed by atoms with van der Waals surface area (Å²) in [5.74, 6) is 0. The molecule has 27 heavy (non-hydrogen) atoms. The Labute approximate surface area is 168 Å². The molecule has 0 amide bonds. The second-order valence-corrected chi connectivity index (χ2v) is 7.56. The Morgan fingerprint density at radius 1 is 0.963 bits per heavy atom. The van der Waals surface area contributed by atoms with Gasteiger partial charge in [0, 0.05) is 19.3 Å². The standard InChI is InChI=1S/C22H27N.2C2H6/c1-22(2,3)20-13-14-23(4)21(16-20)19-12-8-11-18(15-19)17-9-6-5-7-10-17;2*1-2/h5-6,8-9,11-13,15-16H,7,10,14H2,1-4H3;2*1-2H3. The Bertz CT molecular complexity index is 708. The van der Waals surface area contributed by atoms with Crippen LogP contribution in [0.15, 0.2) is 60.2 Å². The van der Waals surface area contributed by atoms with Gasteiger partial charge in [-0.25, -0.2) is 0 Å². The van der Waals surface area contributed by atoms with Crippen molar-refractivity contribution in [2.24, 2.45) is 5.41 Å². The molecule has 2 aliphatic rings. The Morgan fingerprint density at radius 3 is 2.22 bits per heavy atom. The molecule has 0 atom stereocenters. The molecule has 0 N–H and O–H groups in total. The third-order valence-electron chi connectivity index (χ3n) is 4.70. The highest BCUT2D eigenvalue weighted by atomic mass is 15.1. The van der Waals surface area contributed by atoms with E-state index in [-0.39, 0.29) is 5.41 Å². The molecule has 0 unspecified atom stereocenters. The molecule has 1 aromatic rings. The van der Waals surface area contributed by atoms with Crippen LogP contribution < -0.4 is 0 Å². The van der Waals surface area contributed by atoms with Gasteiger partial charge in [-0.05, 0) is 52.7 Å². The predicted molar refractivity (Wildman–Crippen MR) is 124 cm³/mol. The summed E-state index contributed by atoms with van der Waals surface area (Å²) in [5.41, 5.74) is 7.06. The lowest BCUT2D eigenvalue weighted by atomic mass is 9.83. The minimum Gasteiger partial charge on any atom is -0.370 e. The van der Waals surface area contributed by atoms with Crippen LogP contribution in [0.3, 0.4) is 0 Å². The highest BCUT2D eigenvalue weighted by Crippen LogP contribution is 2.34. The Hall–Kier alpha value is -2.02. The molecular weight excluding hydrogens is 326 g/mol. The largest absolute Gasteiger partial charge is 0.370 e. The Balaban J connectivity index is 0.000000855. The van der Waals surface area contributed by atoms with Crippen molar-refractivity contribution in [3.05, 3.63) is 71.3 Å². The molecule has 1 aromatic carbocycles. The highest BCUT2D eigenvalue weighted by Gasteiger charge is 2.21. The van der Waals surface area contributed by atoms with E-state index in [9.17, 15) is 0 Å². The van der Waals surface area contributed by atoms with Gasteiger partial charge in [-0.15, -0.1) is 0 Å². The van der Waals surface area contributed by atoms with Crippen molar-refractivity contribution in [3.63, 3.8) is 0 Å². The minimum atomic E-state index is 0.195. The second kappa shape index (κ2) is 11.0. The average Bonchev–Trinajstić information content (AvgIpc) is 2.71. The molecule has 1 heterocycles. The van der Waals surface area contributed by atoms with Crippen LogP contribution in [0.2, 0.25) is 0 Å². The number of allylic oxidation sites excluding steroid dienone is 6. The zero-order chi connectivity index (χ0) is 20.4. The van der Waals surface area contributed by atoms with Crippen molar-refractivity contribution >= 4 is 11.3 Å². The van der Waals surface area contributed by atoms with Crippen LogP contribution in [0, 0.1) is 5.41 Å². The van der Waals surface area contributed by atoms with Gasteiger partial charge in [-0.2, -0.15) is 0 Å². The van der Waals surface area contributed by atoms with Crippen LogP contribution >= 0.6 is 0 Å². The number of hydrogen-bond acceptors (Lipinski definition) is 1. The van der Waals surface area contributed by atoms with Gasteiger partial charge in [-0.1, -0.05) is 91.0 Å². The number of benzene rings is 1. The molecule has 0 spiro atoms. The molecule has 148 valence electrons. The summed E-state index contributed by atoms with van der Waals surface area (Å²) in [6.07, 6.45) is 13.7. The fraction of sp³-hybridized carbons (Fsp3) is 0.462. The van der Waals surface area contributed by atoms with E-state index < -0.39 is 0 Å². The Morgan fingerprint density at radius 2 is 1.63 bits per heavy atom. The molecule has 0 bridgehead atoms. The van der Waals surface area contributed by atoms with Crippen LogP contribution in [0.1, 0.15) is 72.4 Å². The van der Waals surface area contributed by atoms with E-state index in [1.54, 1.807) is 0 Å². The van der Waals surface area contributed by atoms with Gasteiger partial charge < -0.3 is 4.90 Å². The van der Waals surface area contributed by atoms with Gasteiger partial charge in [-0.3, -0.25) is 0 Å². The predicted octanol–water partition coefficient (Wildman–Crippen LogP) is 7.73. The van der Waals surface area contributed by atoms with Crippen molar-refractivity contribution in [1.29, 1.82) is 0 Å². The van der Waals surface area contributed by atoms with Gasteiger partial charge >= 0.3 is 0 Å². The fourth-order valence-corrected chi connectivity index (χ4v) is 3.20. The lowest BCUT2D eigenvalue weighted by molar-refractivity contribution is 0.481. The zero-order valence-electron chi connectivity index (χ0n) is 18.8. The van der Waals surface area contributed by atoms with Crippen molar-refractivity contribution in [2.75, 3.05) is 13.6 Å². The first-order valence-electron chi connectivity index (χ1n) is 10.5. The van der Waals surface area contributed by atoms with E-state index in [4.69, 9.17) is 0 Å². The van der Waals surface area contributed by atoms with Gasteiger partial charge in [0.05, 0.1) is 0 Å². The third kappa shape index (κ3) is 6.27. The topological polar surface area (TPSA) is 3.24 Å². The van der Waals surface area contributed by atoms with Crippen LogP contribution in [-0.2, 0) is 0 Å². The highest BCUT2D eigenvalue weighted by molar-refractivity contribution is 5.74. The van der Waals surface area contributed by atoms with E-state index >= 15 is 0 Å². The molecule has 0 saturated carbocycles. The molecule has 1 aliphatic carbocycles. The first kappa shape index (κ1) is 23.0. The van der Waals surface area contributed by atoms with Crippen molar-refractivity contribution in [3.8, 4) is 0 Å². The summed E-state index contributed by atoms with van der Waals surface area (Å²) in [6, 6.07) is 9.00. The zero-order valence-corrected chi connectivity index (χ0v) is 18.8. The Kier molecular flexibility index (Phi) is 9.35. The summed E-state index contributed by atoms with van der Waals surface area (Å²) in [6.45, 7) is 15.8. The summed E-state index contributed by atoms with van der Waals surface area (Å²) in [7, 11) is 2.18. The van der Waals surface area contributed by atoms with Crippen LogP contribution in [0.25, 0.3) is 11.3 Å². The maximum atomic E-state index is 2.36. The van der Waals surface area contributed by atoms with Gasteiger partial charge in [0.2, 0.25) is 0 Å². The fourth-order valence-electron chi connectivity index (χ4n) is 3.20. The molecule has 1 aliphatic heterocycles. The lowest BCUT2D eigenvalue weighted by Crippen LogP contribution is -2.23. The molecule has 1 nitrogen and oxygen atoms in total. The number of likely N-dealkylation sites (N-methyl/N-ethyl adjacent to an activating group) is 1. The van der Waals surface area contributed by atoms with E-state index in [1.807, 2.05) is 27.7 Å². The molecule has 0 aromatic heterocycles. The van der Waals surface area contributed by atoms with Crippen molar-refractivity contribution < 1.29 is 0 Å². The maximum Gasteiger partial charge on any atom is 0.0443 e. The maximum absolute atomic E-state index is 2.36. The van der Waals surface area contributed by atoms with E-state index in [2.05, 4.69) is 87.4 Å². The molecule has 1 heteroatoms. The molecule has 0 fully saturated rings. The van der Waals surface area contributed by atoms with Crippen LogP contribution in [-0.4, -0.2) is 18.5 Å². The molecular formula is C26H39N. The van der Waals surface area contributed by atoms with E-state index in [1.165, 1.54) is 28.0 Å². The van der Waals surface area contributed by atoms with Gasteiger partial charge in [0.1, 0.15) is 0 Å². The molecule has 3 rings (SSSR count). The van der Waals surface area contributed by atoms with Crippen LogP contribution in [0.5, 0.6) is 0 Å². The van der Waals surface area contributed by atoms with Crippen molar-refractivity contribution in [1.82, 2.24) is 4.90 Å². The summed E-state index contributed by atoms with van der Waals surface area (Å²) < 4.78 is 0.